The predicted octanol–water partition coefficient (Wildman–Crippen LogP) is 0.571. The van der Waals surface area contributed by atoms with Gasteiger partial charge in [-0.2, -0.15) is 0 Å². The van der Waals surface area contributed by atoms with Crippen LogP contribution in [0.15, 0.2) is 30.3 Å². The van der Waals surface area contributed by atoms with Gasteiger partial charge in [-0.15, -0.1) is 0 Å². The van der Waals surface area contributed by atoms with Crippen LogP contribution in [0.1, 0.15) is 0 Å². The number of hydrogen-bond donors (Lipinski definition) is 2. The molecule has 0 saturated carbocycles. The van der Waals surface area contributed by atoms with Gasteiger partial charge in [0.1, 0.15) is 0 Å². The zero-order valence-corrected chi connectivity index (χ0v) is 7.69. The van der Waals surface area contributed by atoms with Crippen LogP contribution in [0.25, 0.3) is 0 Å². The molecule has 1 atom stereocenters. The zero-order chi connectivity index (χ0) is 9.80. The SMILES string of the molecule is O=C(Nc1ccccc1)[C@H]1CNCO1. The average Bonchev–Trinajstić information content (AvgIpc) is 2.72. The molecule has 0 unspecified atom stereocenters. The Kier molecular flexibility index (Phi) is 2.76. The molecule has 2 rings (SSSR count). The van der Waals surface area contributed by atoms with E-state index in [0.29, 0.717) is 13.3 Å². The fourth-order valence-corrected chi connectivity index (χ4v) is 1.32. The monoisotopic (exact) mass is 192 g/mol. The number of ether oxygens (including phenoxy) is 1. The lowest BCUT2D eigenvalue weighted by Crippen LogP contribution is -2.30. The highest BCUT2D eigenvalue weighted by Crippen LogP contribution is 2.07. The van der Waals surface area contributed by atoms with Gasteiger partial charge in [-0.3, -0.25) is 10.1 Å². The normalized spacial score (nSPS) is 20.7. The Morgan fingerprint density at radius 3 is 2.86 bits per heavy atom. The summed E-state index contributed by atoms with van der Waals surface area (Å²) in [4.78, 5) is 11.5. The molecule has 74 valence electrons. The van der Waals surface area contributed by atoms with Crippen molar-refractivity contribution in [2.24, 2.45) is 0 Å². The molecule has 4 nitrogen and oxygen atoms in total. The zero-order valence-electron chi connectivity index (χ0n) is 7.69. The number of para-hydroxylation sites is 1. The van der Waals surface area contributed by atoms with Crippen LogP contribution in [0.3, 0.4) is 0 Å². The second-order valence-electron chi connectivity index (χ2n) is 3.11. The largest absolute Gasteiger partial charge is 0.352 e. The highest BCUT2D eigenvalue weighted by atomic mass is 16.5. The summed E-state index contributed by atoms with van der Waals surface area (Å²) in [5.74, 6) is -0.0961. The first-order chi connectivity index (χ1) is 6.86. The van der Waals surface area contributed by atoms with Gasteiger partial charge in [-0.05, 0) is 12.1 Å². The van der Waals surface area contributed by atoms with E-state index in [4.69, 9.17) is 4.74 Å². The maximum absolute atomic E-state index is 11.5. The molecule has 0 aromatic heterocycles. The number of hydrogen-bond acceptors (Lipinski definition) is 3. The fourth-order valence-electron chi connectivity index (χ4n) is 1.32. The first-order valence-corrected chi connectivity index (χ1v) is 4.54. The number of amides is 1. The van der Waals surface area contributed by atoms with E-state index in [-0.39, 0.29) is 12.0 Å². The van der Waals surface area contributed by atoms with Crippen molar-refractivity contribution in [1.82, 2.24) is 5.32 Å². The molecule has 2 N–H and O–H groups in total. The number of nitrogens with one attached hydrogen (secondary N) is 2. The average molecular weight is 192 g/mol. The summed E-state index contributed by atoms with van der Waals surface area (Å²) >= 11 is 0. The summed E-state index contributed by atoms with van der Waals surface area (Å²) in [5, 5.41) is 5.74. The van der Waals surface area contributed by atoms with Gasteiger partial charge in [0.25, 0.3) is 5.91 Å². The molecular formula is C10H12N2O2. The van der Waals surface area contributed by atoms with Gasteiger partial charge < -0.3 is 10.1 Å². The number of carbonyl (C=O) groups excluding carboxylic acids is 1. The van der Waals surface area contributed by atoms with Crippen molar-refractivity contribution in [2.75, 3.05) is 18.6 Å². The topological polar surface area (TPSA) is 50.4 Å². The summed E-state index contributed by atoms with van der Waals surface area (Å²) < 4.78 is 5.16. The van der Waals surface area contributed by atoms with Gasteiger partial charge in [0.2, 0.25) is 0 Å². The standard InChI is InChI=1S/C10H12N2O2/c13-10(9-6-11-7-14-9)12-8-4-2-1-3-5-8/h1-5,9,11H,6-7H2,(H,12,13)/t9-/m1/s1. The number of anilines is 1. The predicted molar refractivity (Wildman–Crippen MR) is 52.8 cm³/mol. The molecule has 1 aromatic carbocycles. The molecule has 14 heavy (non-hydrogen) atoms. The third kappa shape index (κ3) is 2.10. The van der Waals surface area contributed by atoms with Crippen LogP contribution in [-0.4, -0.2) is 25.3 Å². The summed E-state index contributed by atoms with van der Waals surface area (Å²) in [6.45, 7) is 1.03. The number of carbonyl (C=O) groups is 1. The first-order valence-electron chi connectivity index (χ1n) is 4.54. The number of rotatable bonds is 2. The van der Waals surface area contributed by atoms with E-state index in [0.717, 1.165) is 5.69 Å². The second kappa shape index (κ2) is 4.21. The fraction of sp³-hybridized carbons (Fsp3) is 0.300. The van der Waals surface area contributed by atoms with Gasteiger partial charge in [0, 0.05) is 12.2 Å². The quantitative estimate of drug-likeness (QED) is 0.720. The molecule has 4 heteroatoms. The maximum Gasteiger partial charge on any atom is 0.254 e. The molecule has 0 radical (unpaired) electrons. The third-order valence-corrected chi connectivity index (χ3v) is 2.05. The van der Waals surface area contributed by atoms with Crippen LogP contribution in [0, 0.1) is 0 Å². The van der Waals surface area contributed by atoms with Gasteiger partial charge >= 0.3 is 0 Å². The third-order valence-electron chi connectivity index (χ3n) is 2.05. The van der Waals surface area contributed by atoms with Crippen LogP contribution in [-0.2, 0) is 9.53 Å². The highest BCUT2D eigenvalue weighted by molar-refractivity contribution is 5.94. The van der Waals surface area contributed by atoms with Crippen molar-refractivity contribution in [3.8, 4) is 0 Å². The molecule has 1 aliphatic rings. The minimum absolute atomic E-state index is 0.0961. The van der Waals surface area contributed by atoms with Crippen molar-refractivity contribution in [2.45, 2.75) is 6.10 Å². The highest BCUT2D eigenvalue weighted by Gasteiger charge is 2.22. The Balaban J connectivity index is 1.94. The van der Waals surface area contributed by atoms with Crippen LogP contribution in [0.5, 0.6) is 0 Å². The van der Waals surface area contributed by atoms with E-state index in [1.165, 1.54) is 0 Å². The van der Waals surface area contributed by atoms with E-state index in [9.17, 15) is 4.79 Å². The smallest absolute Gasteiger partial charge is 0.254 e. The Morgan fingerprint density at radius 2 is 2.21 bits per heavy atom. The number of benzene rings is 1. The summed E-state index contributed by atoms with van der Waals surface area (Å²) in [6.07, 6.45) is -0.366. The molecule has 0 spiro atoms. The lowest BCUT2D eigenvalue weighted by atomic mass is 10.3. The molecule has 1 saturated heterocycles. The Bertz CT molecular complexity index is 307. The minimum Gasteiger partial charge on any atom is -0.352 e. The Labute approximate surface area is 82.3 Å². The van der Waals surface area contributed by atoms with Crippen LogP contribution >= 0.6 is 0 Å². The second-order valence-corrected chi connectivity index (χ2v) is 3.11. The van der Waals surface area contributed by atoms with Crippen LogP contribution in [0.2, 0.25) is 0 Å². The van der Waals surface area contributed by atoms with Crippen molar-refractivity contribution in [3.05, 3.63) is 30.3 Å². The van der Waals surface area contributed by atoms with Crippen molar-refractivity contribution in [3.63, 3.8) is 0 Å². The van der Waals surface area contributed by atoms with E-state index >= 15 is 0 Å². The Morgan fingerprint density at radius 1 is 1.43 bits per heavy atom. The lowest BCUT2D eigenvalue weighted by Gasteiger charge is -2.08. The van der Waals surface area contributed by atoms with Gasteiger partial charge in [0.05, 0.1) is 6.73 Å². The molecule has 1 amide bonds. The van der Waals surface area contributed by atoms with Gasteiger partial charge in [-0.1, -0.05) is 18.2 Å². The molecule has 1 aliphatic heterocycles. The van der Waals surface area contributed by atoms with Crippen molar-refractivity contribution >= 4 is 11.6 Å². The van der Waals surface area contributed by atoms with Crippen molar-refractivity contribution in [1.29, 1.82) is 0 Å². The van der Waals surface area contributed by atoms with Crippen LogP contribution < -0.4 is 10.6 Å². The molecular weight excluding hydrogens is 180 g/mol. The summed E-state index contributed by atoms with van der Waals surface area (Å²) in [6, 6.07) is 9.36. The molecule has 1 fully saturated rings. The summed E-state index contributed by atoms with van der Waals surface area (Å²) in [5.41, 5.74) is 0.799. The molecule has 1 heterocycles. The lowest BCUT2D eigenvalue weighted by molar-refractivity contribution is -0.124. The molecule has 0 bridgehead atoms. The van der Waals surface area contributed by atoms with Crippen molar-refractivity contribution < 1.29 is 9.53 Å². The van der Waals surface area contributed by atoms with E-state index in [2.05, 4.69) is 10.6 Å². The maximum atomic E-state index is 11.5. The Hall–Kier alpha value is -1.39. The van der Waals surface area contributed by atoms with E-state index in [1.54, 1.807) is 0 Å². The van der Waals surface area contributed by atoms with Gasteiger partial charge in [-0.25, -0.2) is 0 Å². The van der Waals surface area contributed by atoms with Crippen LogP contribution in [0.4, 0.5) is 5.69 Å². The van der Waals surface area contributed by atoms with E-state index in [1.807, 2.05) is 30.3 Å². The first kappa shape index (κ1) is 9.18. The van der Waals surface area contributed by atoms with E-state index < -0.39 is 0 Å². The molecule has 0 aliphatic carbocycles. The molecule has 1 aromatic rings. The summed E-state index contributed by atoms with van der Waals surface area (Å²) in [7, 11) is 0. The minimum atomic E-state index is -0.366. The van der Waals surface area contributed by atoms with Gasteiger partial charge in [0.15, 0.2) is 6.10 Å².